The number of nitriles is 1. The van der Waals surface area contributed by atoms with Crippen molar-refractivity contribution in [3.8, 4) is 6.07 Å². The lowest BCUT2D eigenvalue weighted by atomic mass is 10.2. The van der Waals surface area contributed by atoms with Crippen LogP contribution in [-0.4, -0.2) is 47.2 Å². The van der Waals surface area contributed by atoms with Crippen molar-refractivity contribution < 1.29 is 17.5 Å². The van der Waals surface area contributed by atoms with Gasteiger partial charge in [-0.3, -0.25) is 0 Å². The lowest BCUT2D eigenvalue weighted by molar-refractivity contribution is 0.135. The van der Waals surface area contributed by atoms with Crippen molar-refractivity contribution in [3.05, 3.63) is 30.3 Å². The molecule has 1 aromatic carbocycles. The molecule has 0 aromatic heterocycles. The third kappa shape index (κ3) is 5.17. The Balaban J connectivity index is 1.89. The fourth-order valence-electron chi connectivity index (χ4n) is 3.48. The summed E-state index contributed by atoms with van der Waals surface area (Å²) in [5, 5.41) is 8.93. The Bertz CT molecular complexity index is 849. The van der Waals surface area contributed by atoms with E-state index in [2.05, 4.69) is 38.4 Å². The van der Waals surface area contributed by atoms with Crippen LogP contribution in [0.2, 0.25) is 0 Å². The fourth-order valence-corrected chi connectivity index (χ4v) is 12.4. The molecule has 3 atom stereocenters. The number of rotatable bonds is 10. The van der Waals surface area contributed by atoms with Crippen LogP contribution >= 0.6 is 30.1 Å². The highest BCUT2D eigenvalue weighted by Crippen LogP contribution is 2.68. The topological polar surface area (TPSA) is 79.6 Å². The number of hydrogen-bond donors (Lipinski definition) is 0. The van der Waals surface area contributed by atoms with Gasteiger partial charge in [0.05, 0.1) is 28.7 Å². The molecule has 10 heteroatoms. The largest absolute Gasteiger partial charge is 0.321 e. The Hall–Kier alpha value is -0.330. The van der Waals surface area contributed by atoms with Gasteiger partial charge in [-0.25, -0.2) is 13.1 Å². The molecule has 6 nitrogen and oxygen atoms in total. The molecule has 1 aliphatic heterocycles. The highest BCUT2D eigenvalue weighted by atomic mass is 33.1. The van der Waals surface area contributed by atoms with Crippen molar-refractivity contribution in [2.24, 2.45) is 0 Å². The minimum absolute atomic E-state index is 0.166. The van der Waals surface area contributed by atoms with Crippen LogP contribution in [-0.2, 0) is 18.9 Å². The molecule has 1 aromatic rings. The van der Waals surface area contributed by atoms with E-state index in [1.807, 2.05) is 6.07 Å². The van der Waals surface area contributed by atoms with Crippen LogP contribution in [0.4, 0.5) is 0 Å². The summed E-state index contributed by atoms with van der Waals surface area (Å²) in [4.78, 5) is 0.328. The summed E-state index contributed by atoms with van der Waals surface area (Å²) in [7, 11) is -2.00. The first-order chi connectivity index (χ1) is 14.2. The molecule has 0 amide bonds. The summed E-state index contributed by atoms with van der Waals surface area (Å²) in [6.07, 6.45) is 1.71. The van der Waals surface area contributed by atoms with Crippen LogP contribution < -0.4 is 0 Å². The molecule has 0 radical (unpaired) electrons. The molecule has 2 aliphatic rings. The number of sulfone groups is 1. The van der Waals surface area contributed by atoms with E-state index >= 15 is 0 Å². The minimum Gasteiger partial charge on any atom is -0.321 e. The summed E-state index contributed by atoms with van der Waals surface area (Å²) in [5.74, 6) is 0. The van der Waals surface area contributed by atoms with E-state index in [0.29, 0.717) is 4.90 Å². The van der Waals surface area contributed by atoms with Crippen molar-refractivity contribution in [1.29, 1.82) is 5.26 Å². The van der Waals surface area contributed by atoms with Crippen LogP contribution in [0.1, 0.15) is 47.0 Å². The molecule has 1 heterocycles. The van der Waals surface area contributed by atoms with Crippen LogP contribution in [0.25, 0.3) is 0 Å². The number of hydrogen-bond acceptors (Lipinski definition) is 8. The zero-order valence-electron chi connectivity index (χ0n) is 17.7. The average Bonchev–Trinajstić information content (AvgIpc) is 3.38. The summed E-state index contributed by atoms with van der Waals surface area (Å²) >= 11 is 0. The lowest BCUT2D eigenvalue weighted by Crippen LogP contribution is -2.40. The molecule has 3 unspecified atom stereocenters. The first-order valence-electron chi connectivity index (χ1n) is 10.1. The van der Waals surface area contributed by atoms with Gasteiger partial charge in [0.25, 0.3) is 8.53 Å². The smallest absolute Gasteiger partial charge is 0.259 e. The van der Waals surface area contributed by atoms with Gasteiger partial charge in [0.1, 0.15) is 10.7 Å². The third-order valence-electron chi connectivity index (χ3n) is 5.06. The van der Waals surface area contributed by atoms with Crippen molar-refractivity contribution in [2.45, 2.75) is 79.4 Å². The van der Waals surface area contributed by atoms with Crippen molar-refractivity contribution in [1.82, 2.24) is 4.67 Å². The van der Waals surface area contributed by atoms with Gasteiger partial charge in [-0.2, -0.15) is 5.26 Å². The minimum atomic E-state index is -3.55. The summed E-state index contributed by atoms with van der Waals surface area (Å²) < 4.78 is 40.8. The standard InChI is InChI=1S/C20H29N2O4PS3/c1-15(2)22(16(3)4)27(25-14-8-13-21)26-18-19(28-29-20(18)11-12-20)30(23,24)17-9-6-5-7-10-17/h5-7,9-10,15-16,18-19H,8,11-12,14H2,1-4H3. The molecular weight excluding hydrogens is 459 g/mol. The molecule has 3 rings (SSSR count). The Morgan fingerprint density at radius 3 is 2.40 bits per heavy atom. The highest BCUT2D eigenvalue weighted by Gasteiger charge is 2.63. The van der Waals surface area contributed by atoms with E-state index in [4.69, 9.17) is 14.3 Å². The van der Waals surface area contributed by atoms with E-state index < -0.39 is 29.0 Å². The average molecular weight is 489 g/mol. The predicted octanol–water partition coefficient (Wildman–Crippen LogP) is 5.38. The van der Waals surface area contributed by atoms with Gasteiger partial charge < -0.3 is 9.05 Å². The van der Waals surface area contributed by atoms with Crippen molar-refractivity contribution >= 4 is 40.0 Å². The Labute approximate surface area is 189 Å². The van der Waals surface area contributed by atoms with E-state index in [9.17, 15) is 8.42 Å². The van der Waals surface area contributed by atoms with Crippen molar-refractivity contribution in [3.63, 3.8) is 0 Å². The van der Waals surface area contributed by atoms with Crippen LogP contribution in [0.3, 0.4) is 0 Å². The molecule has 1 saturated carbocycles. The van der Waals surface area contributed by atoms with Crippen LogP contribution in [0.5, 0.6) is 0 Å². The molecule has 30 heavy (non-hydrogen) atoms. The van der Waals surface area contributed by atoms with Gasteiger partial charge in [0.15, 0.2) is 9.84 Å². The van der Waals surface area contributed by atoms with Crippen LogP contribution in [0.15, 0.2) is 35.2 Å². The second kappa shape index (κ2) is 10.1. The number of benzene rings is 1. The maximum absolute atomic E-state index is 13.4. The first kappa shape index (κ1) is 24.3. The molecule has 1 aliphatic carbocycles. The molecular formula is C20H29N2O4PS3. The summed E-state index contributed by atoms with van der Waals surface area (Å²) in [6, 6.07) is 11.1. The molecule has 1 spiro atoms. The van der Waals surface area contributed by atoms with Gasteiger partial charge in [-0.15, -0.1) is 0 Å². The van der Waals surface area contributed by atoms with Gasteiger partial charge >= 0.3 is 0 Å². The highest BCUT2D eigenvalue weighted by molar-refractivity contribution is 8.79. The lowest BCUT2D eigenvalue weighted by Gasteiger charge is -2.38. The van der Waals surface area contributed by atoms with Crippen molar-refractivity contribution in [2.75, 3.05) is 6.61 Å². The summed E-state index contributed by atoms with van der Waals surface area (Å²) in [5.41, 5.74) is 0. The number of nitrogens with zero attached hydrogens (tertiary/aromatic N) is 2. The maximum atomic E-state index is 13.4. The molecule has 166 valence electrons. The van der Waals surface area contributed by atoms with E-state index in [0.717, 1.165) is 12.8 Å². The Morgan fingerprint density at radius 1 is 1.23 bits per heavy atom. The summed E-state index contributed by atoms with van der Waals surface area (Å²) in [6.45, 7) is 8.59. The zero-order chi connectivity index (χ0) is 21.9. The third-order valence-corrected chi connectivity index (χ3v) is 13.8. The maximum Gasteiger partial charge on any atom is 0.259 e. The second-order valence-electron chi connectivity index (χ2n) is 8.04. The van der Waals surface area contributed by atoms with Crippen LogP contribution in [0, 0.1) is 11.3 Å². The molecule has 2 fully saturated rings. The fraction of sp³-hybridized carbons (Fsp3) is 0.650. The Morgan fingerprint density at radius 2 is 1.87 bits per heavy atom. The molecule has 0 N–H and O–H groups in total. The van der Waals surface area contributed by atoms with Gasteiger partial charge in [0.2, 0.25) is 0 Å². The first-order valence-corrected chi connectivity index (χ1v) is 15.0. The van der Waals surface area contributed by atoms with E-state index in [1.54, 1.807) is 35.1 Å². The van der Waals surface area contributed by atoms with Gasteiger partial charge in [0, 0.05) is 12.1 Å². The molecule has 0 bridgehead atoms. The van der Waals surface area contributed by atoms with Gasteiger partial charge in [-0.05, 0) is 52.7 Å². The SMILES string of the molecule is CC(C)N(C(C)C)P(OCCC#N)OC1C(S(=O)(=O)c2ccccc2)SSC12CC2. The second-order valence-corrected chi connectivity index (χ2v) is 14.6. The quantitative estimate of drug-likeness (QED) is 0.247. The normalized spacial score (nSPS) is 23.9. The molecule has 1 saturated heterocycles. The zero-order valence-corrected chi connectivity index (χ0v) is 21.1. The monoisotopic (exact) mass is 488 g/mol. The van der Waals surface area contributed by atoms with E-state index in [-0.39, 0.29) is 29.9 Å². The van der Waals surface area contributed by atoms with Gasteiger partial charge in [-0.1, -0.05) is 39.8 Å². The van der Waals surface area contributed by atoms with E-state index in [1.165, 1.54) is 10.8 Å². The Kier molecular flexibility index (Phi) is 8.17. The predicted molar refractivity (Wildman–Crippen MR) is 125 cm³/mol.